The Hall–Kier alpha value is -1.35. The van der Waals surface area contributed by atoms with E-state index < -0.39 is 0 Å². The molecule has 4 aliphatic rings. The molecule has 4 aliphatic carbocycles. The van der Waals surface area contributed by atoms with Crippen molar-refractivity contribution in [1.29, 1.82) is 0 Å². The van der Waals surface area contributed by atoms with Crippen molar-refractivity contribution in [3.8, 4) is 0 Å². The van der Waals surface area contributed by atoms with Gasteiger partial charge in [0.2, 0.25) is 5.91 Å². The molecular formula is C20H27NO2. The van der Waals surface area contributed by atoms with Crippen LogP contribution >= 0.6 is 0 Å². The smallest absolute Gasteiger partial charge is 0.226 e. The van der Waals surface area contributed by atoms with Gasteiger partial charge >= 0.3 is 0 Å². The van der Waals surface area contributed by atoms with Gasteiger partial charge in [-0.25, -0.2) is 0 Å². The Bertz CT molecular complexity index is 543. The Morgan fingerprint density at radius 3 is 2.04 bits per heavy atom. The van der Waals surface area contributed by atoms with Crippen molar-refractivity contribution in [2.45, 2.75) is 51.6 Å². The quantitative estimate of drug-likeness (QED) is 0.878. The lowest BCUT2D eigenvalue weighted by Gasteiger charge is -2.55. The van der Waals surface area contributed by atoms with Gasteiger partial charge in [-0.05, 0) is 73.8 Å². The summed E-state index contributed by atoms with van der Waals surface area (Å²) in [6, 6.07) is 8.00. The molecule has 0 aromatic heterocycles. The molecule has 0 spiro atoms. The summed E-state index contributed by atoms with van der Waals surface area (Å²) in [6.45, 7) is 0.808. The number of amides is 1. The average molecular weight is 313 g/mol. The maximum absolute atomic E-state index is 12.8. The largest absolute Gasteiger partial charge is 0.392 e. The number of nitrogens with one attached hydrogen (secondary N) is 1. The monoisotopic (exact) mass is 313 g/mol. The van der Waals surface area contributed by atoms with Gasteiger partial charge in [0, 0.05) is 12.0 Å². The molecule has 23 heavy (non-hydrogen) atoms. The normalized spacial score (nSPS) is 34.6. The van der Waals surface area contributed by atoms with E-state index in [2.05, 4.69) is 5.32 Å². The van der Waals surface area contributed by atoms with Crippen LogP contribution in [0.5, 0.6) is 0 Å². The predicted molar refractivity (Wildman–Crippen MR) is 89.7 cm³/mol. The van der Waals surface area contributed by atoms with E-state index >= 15 is 0 Å². The summed E-state index contributed by atoms with van der Waals surface area (Å²) in [7, 11) is 0. The van der Waals surface area contributed by atoms with Gasteiger partial charge in [-0.15, -0.1) is 0 Å². The van der Waals surface area contributed by atoms with Gasteiger partial charge in [0.05, 0.1) is 6.61 Å². The van der Waals surface area contributed by atoms with Crippen LogP contribution in [-0.2, 0) is 17.8 Å². The molecule has 0 aliphatic heterocycles. The van der Waals surface area contributed by atoms with Crippen molar-refractivity contribution in [3.63, 3.8) is 0 Å². The van der Waals surface area contributed by atoms with Crippen LogP contribution in [0.1, 0.15) is 49.7 Å². The lowest BCUT2D eigenvalue weighted by Crippen LogP contribution is -2.53. The molecule has 0 atom stereocenters. The molecule has 4 saturated carbocycles. The highest BCUT2D eigenvalue weighted by atomic mass is 16.3. The molecule has 0 saturated heterocycles. The minimum atomic E-state index is -0.0322. The minimum Gasteiger partial charge on any atom is -0.392 e. The fourth-order valence-corrected chi connectivity index (χ4v) is 5.71. The highest BCUT2D eigenvalue weighted by Crippen LogP contribution is 2.60. The number of rotatable bonds is 5. The van der Waals surface area contributed by atoms with Crippen molar-refractivity contribution >= 4 is 5.91 Å². The van der Waals surface area contributed by atoms with Crippen LogP contribution in [0, 0.1) is 23.2 Å². The number of hydrogen-bond acceptors (Lipinski definition) is 2. The summed E-state index contributed by atoms with van der Waals surface area (Å²) in [5.74, 6) is 2.78. The molecule has 2 N–H and O–H groups in total. The first-order valence-electron chi connectivity index (χ1n) is 9.14. The van der Waals surface area contributed by atoms with E-state index in [0.717, 1.165) is 55.5 Å². The number of aliphatic hydroxyl groups excluding tert-OH is 1. The molecule has 0 radical (unpaired) electrons. The van der Waals surface area contributed by atoms with Gasteiger partial charge in [0.25, 0.3) is 0 Å². The molecule has 0 heterocycles. The Balaban J connectivity index is 1.33. The van der Waals surface area contributed by atoms with Crippen LogP contribution in [0.3, 0.4) is 0 Å². The van der Waals surface area contributed by atoms with Crippen molar-refractivity contribution < 1.29 is 9.90 Å². The van der Waals surface area contributed by atoms with E-state index in [1.54, 1.807) is 0 Å². The van der Waals surface area contributed by atoms with E-state index in [4.69, 9.17) is 5.11 Å². The lowest BCUT2D eigenvalue weighted by molar-refractivity contribution is -0.146. The van der Waals surface area contributed by atoms with Gasteiger partial charge in [0.15, 0.2) is 0 Å². The van der Waals surface area contributed by atoms with E-state index in [0.29, 0.717) is 5.91 Å². The van der Waals surface area contributed by atoms with E-state index in [9.17, 15) is 4.79 Å². The molecular weight excluding hydrogens is 286 g/mol. The number of carbonyl (C=O) groups is 1. The molecule has 1 amide bonds. The Labute approximate surface area is 138 Å². The predicted octanol–water partition coefficient (Wildman–Crippen LogP) is 3.05. The number of benzene rings is 1. The third kappa shape index (κ3) is 2.91. The van der Waals surface area contributed by atoms with E-state index in [1.165, 1.54) is 24.8 Å². The summed E-state index contributed by atoms with van der Waals surface area (Å²) >= 11 is 0. The average Bonchev–Trinajstić information content (AvgIpc) is 2.54. The molecule has 5 rings (SSSR count). The first kappa shape index (κ1) is 15.2. The minimum absolute atomic E-state index is 0.0322. The maximum Gasteiger partial charge on any atom is 0.226 e. The topological polar surface area (TPSA) is 49.3 Å². The molecule has 3 heteroatoms. The standard InChI is InChI=1S/C20H27NO2/c22-13-15-3-1-14(2-4-15)5-6-21-19(23)20-10-16-7-17(11-20)9-18(8-16)12-20/h1-4,16-18,22H,5-13H2,(H,21,23). The molecule has 124 valence electrons. The van der Waals surface area contributed by atoms with Crippen LogP contribution in [0.2, 0.25) is 0 Å². The van der Waals surface area contributed by atoms with E-state index in [1.807, 2.05) is 24.3 Å². The Kier molecular flexibility index (Phi) is 3.92. The zero-order valence-electron chi connectivity index (χ0n) is 13.8. The summed E-state index contributed by atoms with van der Waals surface area (Å²) < 4.78 is 0. The third-order valence-corrected chi connectivity index (χ3v) is 6.42. The van der Waals surface area contributed by atoms with Gasteiger partial charge < -0.3 is 10.4 Å². The fourth-order valence-electron chi connectivity index (χ4n) is 5.71. The van der Waals surface area contributed by atoms with Crippen LogP contribution in [0.15, 0.2) is 24.3 Å². The van der Waals surface area contributed by atoms with Crippen LogP contribution in [0.25, 0.3) is 0 Å². The van der Waals surface area contributed by atoms with Crippen LogP contribution < -0.4 is 5.32 Å². The van der Waals surface area contributed by atoms with Crippen molar-refractivity contribution in [2.75, 3.05) is 6.54 Å². The summed E-state index contributed by atoms with van der Waals surface area (Å²) in [5.41, 5.74) is 2.12. The second-order valence-electron chi connectivity index (χ2n) is 8.18. The molecule has 1 aromatic carbocycles. The zero-order chi connectivity index (χ0) is 15.9. The lowest BCUT2D eigenvalue weighted by atomic mass is 9.49. The molecule has 4 fully saturated rings. The Morgan fingerprint density at radius 1 is 1.00 bits per heavy atom. The molecule has 0 unspecified atom stereocenters. The first-order chi connectivity index (χ1) is 11.2. The SMILES string of the molecule is O=C(NCCc1ccc(CO)cc1)C12CC3CC(CC(C3)C1)C2. The number of carbonyl (C=O) groups excluding carboxylic acids is 1. The highest BCUT2D eigenvalue weighted by Gasteiger charge is 2.54. The summed E-state index contributed by atoms with van der Waals surface area (Å²) in [4.78, 5) is 12.8. The zero-order valence-corrected chi connectivity index (χ0v) is 13.8. The summed E-state index contributed by atoms with van der Waals surface area (Å²) in [5, 5.41) is 12.3. The van der Waals surface area contributed by atoms with Gasteiger partial charge in [-0.3, -0.25) is 4.79 Å². The first-order valence-corrected chi connectivity index (χ1v) is 9.14. The van der Waals surface area contributed by atoms with Gasteiger partial charge in [0.1, 0.15) is 0 Å². The molecule has 1 aromatic rings. The second-order valence-corrected chi connectivity index (χ2v) is 8.18. The fraction of sp³-hybridized carbons (Fsp3) is 0.650. The van der Waals surface area contributed by atoms with Gasteiger partial charge in [-0.1, -0.05) is 24.3 Å². The second kappa shape index (κ2) is 5.94. The Morgan fingerprint density at radius 2 is 1.52 bits per heavy atom. The molecule has 4 bridgehead atoms. The summed E-state index contributed by atoms with van der Waals surface area (Å²) in [6.07, 6.45) is 8.41. The third-order valence-electron chi connectivity index (χ3n) is 6.42. The maximum atomic E-state index is 12.8. The molecule has 3 nitrogen and oxygen atoms in total. The van der Waals surface area contributed by atoms with Crippen molar-refractivity contribution in [2.24, 2.45) is 23.2 Å². The van der Waals surface area contributed by atoms with Crippen molar-refractivity contribution in [1.82, 2.24) is 5.32 Å². The highest BCUT2D eigenvalue weighted by molar-refractivity contribution is 5.83. The van der Waals surface area contributed by atoms with Crippen LogP contribution in [-0.4, -0.2) is 17.6 Å². The van der Waals surface area contributed by atoms with Crippen LogP contribution in [0.4, 0.5) is 0 Å². The van der Waals surface area contributed by atoms with E-state index in [-0.39, 0.29) is 12.0 Å². The number of aliphatic hydroxyl groups is 1. The van der Waals surface area contributed by atoms with Crippen molar-refractivity contribution in [3.05, 3.63) is 35.4 Å². The van der Waals surface area contributed by atoms with Gasteiger partial charge in [-0.2, -0.15) is 0 Å². The number of hydrogen-bond donors (Lipinski definition) is 2.